The second kappa shape index (κ2) is 7.96. The van der Waals surface area contributed by atoms with Crippen molar-refractivity contribution >= 4 is 28.3 Å². The van der Waals surface area contributed by atoms with Gasteiger partial charge in [-0.3, -0.25) is 14.9 Å². The van der Waals surface area contributed by atoms with Gasteiger partial charge in [0.2, 0.25) is 0 Å². The summed E-state index contributed by atoms with van der Waals surface area (Å²) in [6.07, 6.45) is 2.37. The second-order valence-corrected chi connectivity index (χ2v) is 6.42. The number of rotatable bonds is 6. The summed E-state index contributed by atoms with van der Waals surface area (Å²) in [5.41, 5.74) is 1.49. The van der Waals surface area contributed by atoms with Crippen LogP contribution in [0.1, 0.15) is 34.3 Å². The third-order valence-electron chi connectivity index (χ3n) is 3.64. The van der Waals surface area contributed by atoms with E-state index in [-0.39, 0.29) is 11.3 Å². The van der Waals surface area contributed by atoms with Crippen LogP contribution in [0.5, 0.6) is 0 Å². The molecular formula is C17H17N5O4S. The first-order valence-electron chi connectivity index (χ1n) is 8.14. The molecule has 3 aromatic heterocycles. The molecule has 2 N–H and O–H groups in total. The number of esters is 1. The normalized spacial score (nSPS) is 10.6. The van der Waals surface area contributed by atoms with Crippen LogP contribution >= 0.6 is 11.3 Å². The third-order valence-corrected chi connectivity index (χ3v) is 4.40. The molecule has 0 radical (unpaired) electrons. The molecule has 1 amide bonds. The van der Waals surface area contributed by atoms with Crippen LogP contribution in [0.25, 0.3) is 11.3 Å². The monoisotopic (exact) mass is 387 g/mol. The highest BCUT2D eigenvalue weighted by Crippen LogP contribution is 2.25. The van der Waals surface area contributed by atoms with Crippen molar-refractivity contribution in [1.29, 1.82) is 0 Å². The number of carbonyl (C=O) groups is 2. The van der Waals surface area contributed by atoms with Gasteiger partial charge in [0, 0.05) is 29.8 Å². The molecule has 10 heteroatoms. The fourth-order valence-corrected chi connectivity index (χ4v) is 3.05. The first kappa shape index (κ1) is 18.5. The highest BCUT2D eigenvalue weighted by molar-refractivity contribution is 7.14. The van der Waals surface area contributed by atoms with E-state index in [4.69, 9.17) is 0 Å². The smallest absolute Gasteiger partial charge is 0.354 e. The maximum Gasteiger partial charge on any atom is 0.354 e. The van der Waals surface area contributed by atoms with Crippen molar-refractivity contribution in [2.45, 2.75) is 19.9 Å². The molecule has 0 spiro atoms. The van der Waals surface area contributed by atoms with E-state index < -0.39 is 11.9 Å². The van der Waals surface area contributed by atoms with E-state index in [0.29, 0.717) is 28.6 Å². The lowest BCUT2D eigenvalue weighted by molar-refractivity contribution is 0.0594. The number of carbonyl (C=O) groups excluding carboxylic acids is 2. The highest BCUT2D eigenvalue weighted by Gasteiger charge is 2.14. The second-order valence-electron chi connectivity index (χ2n) is 5.57. The number of ether oxygens (including phenoxy) is 1. The molecule has 0 aromatic carbocycles. The van der Waals surface area contributed by atoms with Crippen molar-refractivity contribution in [3.05, 3.63) is 51.5 Å². The lowest BCUT2D eigenvalue weighted by atomic mass is 10.2. The first-order chi connectivity index (χ1) is 13.0. The molecule has 3 heterocycles. The molecule has 0 bridgehead atoms. The number of amides is 1. The Morgan fingerprint density at radius 3 is 2.93 bits per heavy atom. The summed E-state index contributed by atoms with van der Waals surface area (Å²) in [6.45, 7) is 2.36. The van der Waals surface area contributed by atoms with Crippen molar-refractivity contribution < 1.29 is 14.3 Å². The fourth-order valence-electron chi connectivity index (χ4n) is 2.34. The average Bonchev–Trinajstić information content (AvgIpc) is 3.32. The molecule has 0 aliphatic rings. The molecule has 0 unspecified atom stereocenters. The summed E-state index contributed by atoms with van der Waals surface area (Å²) in [7, 11) is 1.30. The van der Waals surface area contributed by atoms with Gasteiger partial charge in [0.05, 0.1) is 12.8 Å². The number of hydrogen-bond acceptors (Lipinski definition) is 7. The average molecular weight is 387 g/mol. The Balaban J connectivity index is 1.75. The van der Waals surface area contributed by atoms with Gasteiger partial charge in [-0.15, -0.1) is 11.3 Å². The van der Waals surface area contributed by atoms with Crippen molar-refractivity contribution in [2.75, 3.05) is 12.4 Å². The zero-order chi connectivity index (χ0) is 19.4. The van der Waals surface area contributed by atoms with Gasteiger partial charge in [0.25, 0.3) is 11.5 Å². The number of aromatic amines is 1. The summed E-state index contributed by atoms with van der Waals surface area (Å²) < 4.78 is 5.91. The van der Waals surface area contributed by atoms with Crippen LogP contribution < -0.4 is 10.9 Å². The summed E-state index contributed by atoms with van der Waals surface area (Å²) in [4.78, 5) is 42.7. The van der Waals surface area contributed by atoms with Crippen LogP contribution in [-0.2, 0) is 11.3 Å². The molecule has 27 heavy (non-hydrogen) atoms. The summed E-state index contributed by atoms with van der Waals surface area (Å²) >= 11 is 1.24. The van der Waals surface area contributed by atoms with Gasteiger partial charge in [-0.1, -0.05) is 6.92 Å². The molecule has 3 aromatic rings. The molecule has 0 aliphatic carbocycles. The predicted molar refractivity (Wildman–Crippen MR) is 100.0 cm³/mol. The molecule has 140 valence electrons. The zero-order valence-electron chi connectivity index (χ0n) is 14.7. The zero-order valence-corrected chi connectivity index (χ0v) is 15.5. The minimum absolute atomic E-state index is 0.134. The van der Waals surface area contributed by atoms with E-state index in [9.17, 15) is 14.4 Å². The van der Waals surface area contributed by atoms with Crippen LogP contribution in [-0.4, -0.2) is 38.7 Å². The molecule has 0 saturated heterocycles. The van der Waals surface area contributed by atoms with Gasteiger partial charge in [-0.05, 0) is 18.6 Å². The molecule has 0 atom stereocenters. The number of hydrogen-bond donors (Lipinski definition) is 2. The van der Waals surface area contributed by atoms with E-state index in [2.05, 4.69) is 25.1 Å². The number of aromatic nitrogens is 4. The molecule has 9 nitrogen and oxygen atoms in total. The van der Waals surface area contributed by atoms with E-state index in [1.165, 1.54) is 35.3 Å². The summed E-state index contributed by atoms with van der Waals surface area (Å²) in [5.74, 6) is -0.927. The summed E-state index contributed by atoms with van der Waals surface area (Å²) in [6, 6.07) is 4.32. The Hall–Kier alpha value is -3.27. The van der Waals surface area contributed by atoms with Crippen molar-refractivity contribution in [3.63, 3.8) is 0 Å². The van der Waals surface area contributed by atoms with Crippen molar-refractivity contribution in [2.24, 2.45) is 0 Å². The largest absolute Gasteiger partial charge is 0.464 e. The standard InChI is InChI=1S/C17H17N5O4S/c1-3-6-22-14(23)5-4-11(21-22)15(24)20-17-19-13(9-27-17)10-7-12(18-8-10)16(25)26-2/h4-5,7-9,18H,3,6H2,1-2H3,(H,19,20,24). The number of methoxy groups -OCH3 is 1. The third kappa shape index (κ3) is 4.11. The fraction of sp³-hybridized carbons (Fsp3) is 0.235. The maximum absolute atomic E-state index is 12.4. The molecule has 0 saturated carbocycles. The van der Waals surface area contributed by atoms with Gasteiger partial charge in [-0.25, -0.2) is 14.5 Å². The van der Waals surface area contributed by atoms with Crippen LogP contribution in [0.15, 0.2) is 34.6 Å². The minimum Gasteiger partial charge on any atom is -0.464 e. The first-order valence-corrected chi connectivity index (χ1v) is 9.02. The molecule has 3 rings (SSSR count). The summed E-state index contributed by atoms with van der Waals surface area (Å²) in [5, 5.41) is 8.87. The number of aryl methyl sites for hydroxylation is 1. The number of nitrogens with one attached hydrogen (secondary N) is 2. The van der Waals surface area contributed by atoms with Crippen LogP contribution in [0.2, 0.25) is 0 Å². The minimum atomic E-state index is -0.474. The van der Waals surface area contributed by atoms with Gasteiger partial charge >= 0.3 is 5.97 Å². The van der Waals surface area contributed by atoms with Crippen LogP contribution in [0, 0.1) is 0 Å². The Morgan fingerprint density at radius 1 is 1.37 bits per heavy atom. The SMILES string of the molecule is CCCn1nc(C(=O)Nc2nc(-c3c[nH]c(C(=O)OC)c3)cs2)ccc1=O. The van der Waals surface area contributed by atoms with Crippen molar-refractivity contribution in [1.82, 2.24) is 19.7 Å². The van der Waals surface area contributed by atoms with E-state index in [1.807, 2.05) is 6.92 Å². The van der Waals surface area contributed by atoms with E-state index >= 15 is 0 Å². The van der Waals surface area contributed by atoms with Crippen LogP contribution in [0.4, 0.5) is 5.13 Å². The van der Waals surface area contributed by atoms with E-state index in [1.54, 1.807) is 17.6 Å². The lowest BCUT2D eigenvalue weighted by Crippen LogP contribution is -2.26. The van der Waals surface area contributed by atoms with E-state index in [0.717, 1.165) is 6.42 Å². The molecule has 0 aliphatic heterocycles. The highest BCUT2D eigenvalue weighted by atomic mass is 32.1. The Labute approximate surface area is 158 Å². The van der Waals surface area contributed by atoms with Gasteiger partial charge in [0.1, 0.15) is 11.4 Å². The number of H-pyrrole nitrogens is 1. The van der Waals surface area contributed by atoms with Gasteiger partial charge in [0.15, 0.2) is 5.13 Å². The number of anilines is 1. The predicted octanol–water partition coefficient (Wildman–Crippen LogP) is 2.14. The Morgan fingerprint density at radius 2 is 2.19 bits per heavy atom. The molecular weight excluding hydrogens is 370 g/mol. The lowest BCUT2D eigenvalue weighted by Gasteiger charge is -2.05. The van der Waals surface area contributed by atoms with Gasteiger partial charge < -0.3 is 9.72 Å². The number of nitrogens with zero attached hydrogens (tertiary/aromatic N) is 3. The maximum atomic E-state index is 12.4. The number of thiazole rings is 1. The van der Waals surface area contributed by atoms with Gasteiger partial charge in [-0.2, -0.15) is 5.10 Å². The molecule has 0 fully saturated rings. The Bertz CT molecular complexity index is 1040. The van der Waals surface area contributed by atoms with Crippen LogP contribution in [0.3, 0.4) is 0 Å². The topological polar surface area (TPSA) is 119 Å². The quantitative estimate of drug-likeness (QED) is 0.626. The van der Waals surface area contributed by atoms with Crippen molar-refractivity contribution in [3.8, 4) is 11.3 Å². The Kier molecular flexibility index (Phi) is 5.46.